The first-order valence-electron chi connectivity index (χ1n) is 7.58. The predicted molar refractivity (Wildman–Crippen MR) is 99.5 cm³/mol. The smallest absolute Gasteiger partial charge is 0.345 e. The molecular formula is C18H13ClN2O4S. The number of carbonyl (C=O) groups excluding carboxylic acids is 1. The van der Waals surface area contributed by atoms with Crippen LogP contribution in [0.5, 0.6) is 0 Å². The fourth-order valence-corrected chi connectivity index (χ4v) is 3.54. The molecule has 0 aliphatic heterocycles. The molecule has 0 fully saturated rings. The van der Waals surface area contributed by atoms with E-state index < -0.39 is 10.9 Å². The van der Waals surface area contributed by atoms with Gasteiger partial charge < -0.3 is 4.74 Å². The number of benzene rings is 2. The maximum Gasteiger partial charge on any atom is 0.345 e. The highest BCUT2D eigenvalue weighted by molar-refractivity contribution is 7.13. The Kier molecular flexibility index (Phi) is 5.29. The Morgan fingerprint density at radius 2 is 2.04 bits per heavy atom. The highest BCUT2D eigenvalue weighted by Gasteiger charge is 2.23. The van der Waals surface area contributed by atoms with Crippen molar-refractivity contribution in [2.75, 3.05) is 0 Å². The van der Waals surface area contributed by atoms with E-state index in [-0.39, 0.29) is 17.9 Å². The predicted octanol–water partition coefficient (Wildman–Crippen LogP) is 5.04. The van der Waals surface area contributed by atoms with Crippen LogP contribution in [0.25, 0.3) is 10.6 Å². The van der Waals surface area contributed by atoms with Crippen molar-refractivity contribution in [1.82, 2.24) is 4.98 Å². The molecule has 8 heteroatoms. The minimum absolute atomic E-state index is 0.0425. The van der Waals surface area contributed by atoms with E-state index in [0.29, 0.717) is 21.3 Å². The van der Waals surface area contributed by atoms with E-state index in [4.69, 9.17) is 16.3 Å². The van der Waals surface area contributed by atoms with Crippen molar-refractivity contribution < 1.29 is 14.5 Å². The van der Waals surface area contributed by atoms with Crippen molar-refractivity contribution in [1.29, 1.82) is 0 Å². The van der Waals surface area contributed by atoms with Crippen LogP contribution in [0.3, 0.4) is 0 Å². The Morgan fingerprint density at radius 1 is 1.27 bits per heavy atom. The summed E-state index contributed by atoms with van der Waals surface area (Å²) in [6, 6.07) is 11.8. The quantitative estimate of drug-likeness (QED) is 0.347. The second kappa shape index (κ2) is 7.63. The van der Waals surface area contributed by atoms with E-state index in [0.717, 1.165) is 5.56 Å². The van der Waals surface area contributed by atoms with Crippen molar-refractivity contribution >= 4 is 34.6 Å². The molecular weight excluding hydrogens is 376 g/mol. The number of esters is 1. The molecule has 0 bridgehead atoms. The molecule has 0 N–H and O–H groups in total. The van der Waals surface area contributed by atoms with E-state index in [1.165, 1.54) is 23.5 Å². The molecule has 26 heavy (non-hydrogen) atoms. The van der Waals surface area contributed by atoms with Crippen LogP contribution in [-0.4, -0.2) is 15.9 Å². The summed E-state index contributed by atoms with van der Waals surface area (Å²) in [4.78, 5) is 27.3. The number of nitrogens with zero attached hydrogens (tertiary/aromatic N) is 2. The molecule has 1 heterocycles. The number of nitro benzene ring substituents is 1. The van der Waals surface area contributed by atoms with Crippen LogP contribution in [0.15, 0.2) is 47.8 Å². The van der Waals surface area contributed by atoms with Gasteiger partial charge in [0.2, 0.25) is 0 Å². The molecule has 2 aromatic carbocycles. The van der Waals surface area contributed by atoms with Gasteiger partial charge in [-0.05, 0) is 18.6 Å². The molecule has 6 nitrogen and oxygen atoms in total. The lowest BCUT2D eigenvalue weighted by Crippen LogP contribution is -2.10. The fourth-order valence-electron chi connectivity index (χ4n) is 2.41. The molecule has 132 valence electrons. The number of rotatable bonds is 5. The molecule has 0 spiro atoms. The number of nitro groups is 1. The zero-order valence-electron chi connectivity index (χ0n) is 13.6. The van der Waals surface area contributed by atoms with Gasteiger partial charge in [-0.2, -0.15) is 0 Å². The van der Waals surface area contributed by atoms with Crippen LogP contribution in [0.1, 0.15) is 21.6 Å². The van der Waals surface area contributed by atoms with Gasteiger partial charge in [0.15, 0.2) is 0 Å². The molecule has 0 radical (unpaired) electrons. The summed E-state index contributed by atoms with van der Waals surface area (Å²) in [5.74, 6) is -0.748. The Labute approximate surface area is 158 Å². The summed E-state index contributed by atoms with van der Waals surface area (Å²) >= 11 is 7.54. The highest BCUT2D eigenvalue weighted by Crippen LogP contribution is 2.30. The number of aryl methyl sites for hydroxylation is 1. The van der Waals surface area contributed by atoms with Gasteiger partial charge >= 0.3 is 5.97 Å². The van der Waals surface area contributed by atoms with Gasteiger partial charge in [0.1, 0.15) is 17.2 Å². The van der Waals surface area contributed by atoms with Crippen molar-refractivity contribution in [3.05, 3.63) is 79.8 Å². The van der Waals surface area contributed by atoms with Gasteiger partial charge in [-0.3, -0.25) is 10.1 Å². The zero-order valence-corrected chi connectivity index (χ0v) is 15.2. The lowest BCUT2D eigenvalue weighted by molar-refractivity contribution is -0.385. The van der Waals surface area contributed by atoms with Gasteiger partial charge in [0.25, 0.3) is 5.69 Å². The van der Waals surface area contributed by atoms with E-state index >= 15 is 0 Å². The standard InChI is InChI=1S/C18H13ClN2O4S/c1-11-5-4-8-15(21(23)24)16(11)18(22)25-9-12-10-26-17(20-12)13-6-2-3-7-14(13)19/h2-8,10H,9H2,1H3. The van der Waals surface area contributed by atoms with Crippen molar-refractivity contribution in [2.24, 2.45) is 0 Å². The minimum atomic E-state index is -0.748. The topological polar surface area (TPSA) is 82.3 Å². The van der Waals surface area contributed by atoms with E-state index in [9.17, 15) is 14.9 Å². The monoisotopic (exact) mass is 388 g/mol. The summed E-state index contributed by atoms with van der Waals surface area (Å²) < 4.78 is 5.23. The highest BCUT2D eigenvalue weighted by atomic mass is 35.5. The van der Waals surface area contributed by atoms with Gasteiger partial charge in [0.05, 0.1) is 15.6 Å². The number of thiazole rings is 1. The lowest BCUT2D eigenvalue weighted by Gasteiger charge is -2.06. The molecule has 0 aliphatic rings. The number of hydrogen-bond donors (Lipinski definition) is 0. The maximum absolute atomic E-state index is 12.3. The second-order valence-corrected chi connectivity index (χ2v) is 6.69. The van der Waals surface area contributed by atoms with Crippen molar-refractivity contribution in [3.8, 4) is 10.6 Å². The number of carbonyl (C=O) groups is 1. The summed E-state index contributed by atoms with van der Waals surface area (Å²) in [7, 11) is 0. The number of aromatic nitrogens is 1. The molecule has 3 rings (SSSR count). The Balaban J connectivity index is 1.76. The summed E-state index contributed by atoms with van der Waals surface area (Å²) in [5, 5.41) is 14.2. The van der Waals surface area contributed by atoms with Crippen LogP contribution in [0.4, 0.5) is 5.69 Å². The minimum Gasteiger partial charge on any atom is -0.455 e. The lowest BCUT2D eigenvalue weighted by atomic mass is 10.1. The first-order chi connectivity index (χ1) is 12.5. The normalized spacial score (nSPS) is 10.5. The second-order valence-electron chi connectivity index (χ2n) is 5.43. The molecule has 0 aliphatic carbocycles. The summed E-state index contributed by atoms with van der Waals surface area (Å²) in [5.41, 5.74) is 1.52. The largest absolute Gasteiger partial charge is 0.455 e. The molecule has 1 aromatic heterocycles. The van der Waals surface area contributed by atoms with Gasteiger partial charge in [-0.1, -0.05) is 41.9 Å². The zero-order chi connectivity index (χ0) is 18.7. The maximum atomic E-state index is 12.3. The number of hydrogen-bond acceptors (Lipinski definition) is 6. The molecule has 3 aromatic rings. The number of ether oxygens (including phenoxy) is 1. The third-order valence-electron chi connectivity index (χ3n) is 3.66. The molecule has 0 amide bonds. The Morgan fingerprint density at radius 3 is 2.77 bits per heavy atom. The molecule has 0 unspecified atom stereocenters. The van der Waals surface area contributed by atoms with E-state index in [1.807, 2.05) is 18.2 Å². The summed E-state index contributed by atoms with van der Waals surface area (Å²) in [6.07, 6.45) is 0. The fraction of sp³-hybridized carbons (Fsp3) is 0.111. The number of halogens is 1. The van der Waals surface area contributed by atoms with Gasteiger partial charge in [-0.25, -0.2) is 9.78 Å². The SMILES string of the molecule is Cc1cccc([N+](=O)[O-])c1C(=O)OCc1csc(-c2ccccc2Cl)n1. The average Bonchev–Trinajstić information content (AvgIpc) is 3.08. The Bertz CT molecular complexity index is 987. The van der Waals surface area contributed by atoms with Crippen LogP contribution >= 0.6 is 22.9 Å². The van der Waals surface area contributed by atoms with E-state index in [1.54, 1.807) is 24.4 Å². The first-order valence-corrected chi connectivity index (χ1v) is 8.83. The van der Waals surface area contributed by atoms with Crippen LogP contribution < -0.4 is 0 Å². The van der Waals surface area contributed by atoms with Gasteiger partial charge in [0, 0.05) is 17.0 Å². The summed E-state index contributed by atoms with van der Waals surface area (Å²) in [6.45, 7) is 1.55. The first kappa shape index (κ1) is 18.0. The van der Waals surface area contributed by atoms with Crippen LogP contribution in [-0.2, 0) is 11.3 Å². The van der Waals surface area contributed by atoms with Gasteiger partial charge in [-0.15, -0.1) is 11.3 Å². The van der Waals surface area contributed by atoms with Crippen LogP contribution in [0.2, 0.25) is 5.02 Å². The van der Waals surface area contributed by atoms with Crippen molar-refractivity contribution in [2.45, 2.75) is 13.5 Å². The molecule has 0 saturated carbocycles. The Hall–Kier alpha value is -2.77. The van der Waals surface area contributed by atoms with Crippen LogP contribution in [0, 0.1) is 17.0 Å². The van der Waals surface area contributed by atoms with E-state index in [2.05, 4.69) is 4.98 Å². The average molecular weight is 389 g/mol. The van der Waals surface area contributed by atoms with Crippen molar-refractivity contribution in [3.63, 3.8) is 0 Å². The molecule has 0 saturated heterocycles. The molecule has 0 atom stereocenters. The third kappa shape index (κ3) is 3.74. The third-order valence-corrected chi connectivity index (χ3v) is 4.91.